The van der Waals surface area contributed by atoms with Gasteiger partial charge in [0.1, 0.15) is 6.54 Å². The molecule has 0 aliphatic carbocycles. The van der Waals surface area contributed by atoms with Crippen molar-refractivity contribution in [3.05, 3.63) is 39.9 Å². The van der Waals surface area contributed by atoms with E-state index in [9.17, 15) is 36.5 Å². The summed E-state index contributed by atoms with van der Waals surface area (Å²) in [6.45, 7) is -2.27. The number of hydrogen-bond donors (Lipinski definition) is 1. The molecule has 1 aromatic rings. The Morgan fingerprint density at radius 3 is 2.14 bits per heavy atom. The zero-order valence-electron chi connectivity index (χ0n) is 10.6. The van der Waals surface area contributed by atoms with E-state index in [4.69, 9.17) is 5.11 Å². The summed E-state index contributed by atoms with van der Waals surface area (Å²) in [5.74, 6) is -1.77. The van der Waals surface area contributed by atoms with Crippen molar-refractivity contribution in [3.63, 3.8) is 0 Å². The molecule has 0 heterocycles. The van der Waals surface area contributed by atoms with E-state index in [2.05, 4.69) is 0 Å². The first kappa shape index (κ1) is 17.8. The van der Waals surface area contributed by atoms with Gasteiger partial charge in [-0.2, -0.15) is 17.5 Å². The highest BCUT2D eigenvalue weighted by molar-refractivity contribution is 7.90. The molecule has 0 bridgehead atoms. The molecular weight excluding hydrogens is 333 g/mol. The molecule has 1 aromatic carbocycles. The van der Waals surface area contributed by atoms with Crippen molar-refractivity contribution in [2.75, 3.05) is 6.54 Å². The fourth-order valence-corrected chi connectivity index (χ4v) is 2.34. The molecule has 0 fully saturated rings. The first-order valence-electron chi connectivity index (χ1n) is 5.46. The summed E-state index contributed by atoms with van der Waals surface area (Å²) in [5, 5.41) is 19.0. The maximum atomic E-state index is 12.5. The third-order valence-electron chi connectivity index (χ3n) is 2.45. The molecule has 1 rings (SSSR count). The van der Waals surface area contributed by atoms with E-state index < -0.39 is 39.5 Å². The first-order valence-corrected chi connectivity index (χ1v) is 6.90. The number of sulfonamides is 1. The highest BCUT2D eigenvalue weighted by Crippen LogP contribution is 2.28. The molecule has 0 radical (unpaired) electrons. The van der Waals surface area contributed by atoms with Crippen molar-refractivity contribution in [1.29, 1.82) is 0 Å². The third kappa shape index (κ3) is 4.14. The monoisotopic (exact) mass is 342 g/mol. The molecule has 8 nitrogen and oxygen atoms in total. The predicted octanol–water partition coefficient (Wildman–Crippen LogP) is 1.33. The van der Waals surface area contributed by atoms with Crippen LogP contribution in [-0.4, -0.2) is 40.8 Å². The summed E-state index contributed by atoms with van der Waals surface area (Å²) >= 11 is 0. The summed E-state index contributed by atoms with van der Waals surface area (Å²) < 4.78 is 59.8. The van der Waals surface area contributed by atoms with Gasteiger partial charge in [0.15, 0.2) is 0 Å². The Bertz CT molecular complexity index is 671. The van der Waals surface area contributed by atoms with Gasteiger partial charge in [0.2, 0.25) is 0 Å². The minimum absolute atomic E-state index is 0.0281. The molecule has 0 unspecified atom stereocenters. The Kier molecular flexibility index (Phi) is 5.09. The molecule has 0 saturated carbocycles. The van der Waals surface area contributed by atoms with Crippen LogP contribution in [0.4, 0.5) is 18.9 Å². The molecule has 0 atom stereocenters. The van der Waals surface area contributed by atoms with Gasteiger partial charge >= 0.3 is 21.5 Å². The van der Waals surface area contributed by atoms with Crippen LogP contribution in [0.1, 0.15) is 5.56 Å². The molecule has 122 valence electrons. The van der Waals surface area contributed by atoms with Crippen LogP contribution in [-0.2, 0) is 21.4 Å². The molecule has 0 aliphatic heterocycles. The van der Waals surface area contributed by atoms with Crippen LogP contribution in [0, 0.1) is 10.1 Å². The lowest BCUT2D eigenvalue weighted by molar-refractivity contribution is -0.384. The lowest BCUT2D eigenvalue weighted by Gasteiger charge is -2.21. The lowest BCUT2D eigenvalue weighted by Crippen LogP contribution is -2.42. The van der Waals surface area contributed by atoms with Gasteiger partial charge < -0.3 is 5.11 Å². The second-order valence-corrected chi connectivity index (χ2v) is 5.97. The van der Waals surface area contributed by atoms with Crippen LogP contribution in [0.3, 0.4) is 0 Å². The topological polar surface area (TPSA) is 118 Å². The zero-order valence-corrected chi connectivity index (χ0v) is 11.5. The number of nitro groups is 1. The van der Waals surface area contributed by atoms with E-state index >= 15 is 0 Å². The van der Waals surface area contributed by atoms with E-state index in [0.29, 0.717) is 0 Å². The highest BCUT2D eigenvalue weighted by Gasteiger charge is 2.50. The van der Waals surface area contributed by atoms with Gasteiger partial charge in [-0.15, -0.1) is 0 Å². The van der Waals surface area contributed by atoms with Crippen LogP contribution in [0.15, 0.2) is 24.3 Å². The quantitative estimate of drug-likeness (QED) is 0.615. The normalized spacial score (nSPS) is 12.4. The Balaban J connectivity index is 3.09. The average Bonchev–Trinajstić information content (AvgIpc) is 2.36. The number of rotatable bonds is 6. The second-order valence-electron chi connectivity index (χ2n) is 4.04. The average molecular weight is 342 g/mol. The Morgan fingerprint density at radius 2 is 1.77 bits per heavy atom. The Morgan fingerprint density at radius 1 is 1.27 bits per heavy atom. The molecule has 0 spiro atoms. The number of carboxylic acids is 1. The molecule has 0 saturated heterocycles. The molecular formula is C10H9F3N2O6S. The Hall–Kier alpha value is -2.21. The largest absolute Gasteiger partial charge is 0.511 e. The van der Waals surface area contributed by atoms with Gasteiger partial charge in [0.25, 0.3) is 5.69 Å². The molecule has 1 N–H and O–H groups in total. The van der Waals surface area contributed by atoms with Gasteiger partial charge in [-0.3, -0.25) is 14.9 Å². The number of nitro benzene ring substituents is 1. The van der Waals surface area contributed by atoms with Crippen molar-refractivity contribution in [1.82, 2.24) is 4.31 Å². The molecule has 0 aliphatic rings. The van der Waals surface area contributed by atoms with Crippen molar-refractivity contribution in [2.45, 2.75) is 12.1 Å². The van der Waals surface area contributed by atoms with E-state index in [1.807, 2.05) is 0 Å². The summed E-state index contributed by atoms with van der Waals surface area (Å²) in [6, 6.07) is 4.01. The molecule has 0 aromatic heterocycles. The van der Waals surface area contributed by atoms with E-state index in [1.165, 1.54) is 0 Å². The van der Waals surface area contributed by atoms with Gasteiger partial charge in [-0.1, -0.05) is 12.1 Å². The van der Waals surface area contributed by atoms with Gasteiger partial charge in [-0.25, -0.2) is 8.42 Å². The van der Waals surface area contributed by atoms with Crippen molar-refractivity contribution >= 4 is 21.7 Å². The number of benzene rings is 1. The maximum Gasteiger partial charge on any atom is 0.511 e. The summed E-state index contributed by atoms with van der Waals surface area (Å²) in [5.41, 5.74) is -6.02. The third-order valence-corrected chi connectivity index (χ3v) is 3.97. The van der Waals surface area contributed by atoms with Crippen molar-refractivity contribution in [2.24, 2.45) is 0 Å². The Labute approximate surface area is 122 Å². The first-order chi connectivity index (χ1) is 9.95. The van der Waals surface area contributed by atoms with E-state index in [0.717, 1.165) is 24.3 Å². The fraction of sp³-hybridized carbons (Fsp3) is 0.300. The lowest BCUT2D eigenvalue weighted by atomic mass is 10.2. The number of halogens is 3. The van der Waals surface area contributed by atoms with E-state index in [-0.39, 0.29) is 15.6 Å². The number of alkyl halides is 3. The number of aliphatic carboxylic acids is 1. The number of hydrogen-bond acceptors (Lipinski definition) is 5. The second kappa shape index (κ2) is 6.27. The van der Waals surface area contributed by atoms with Crippen LogP contribution in [0.5, 0.6) is 0 Å². The minimum Gasteiger partial charge on any atom is -0.480 e. The van der Waals surface area contributed by atoms with Crippen LogP contribution >= 0.6 is 0 Å². The number of carboxylic acid groups (broad SMARTS) is 1. The van der Waals surface area contributed by atoms with E-state index in [1.54, 1.807) is 0 Å². The summed E-state index contributed by atoms with van der Waals surface area (Å²) in [6.07, 6.45) is 0. The summed E-state index contributed by atoms with van der Waals surface area (Å²) in [4.78, 5) is 20.3. The number of nitrogens with zero attached hydrogens (tertiary/aromatic N) is 2. The smallest absolute Gasteiger partial charge is 0.480 e. The highest BCUT2D eigenvalue weighted by atomic mass is 32.2. The number of non-ortho nitro benzene ring substituents is 1. The van der Waals surface area contributed by atoms with Crippen LogP contribution < -0.4 is 0 Å². The molecule has 0 amide bonds. The number of carbonyl (C=O) groups is 1. The molecule has 12 heteroatoms. The standard InChI is InChI=1S/C10H9F3N2O6S/c11-10(12,13)22(20,21)14(6-9(16)17)5-7-1-3-8(4-2-7)15(18)19/h1-4H,5-6H2,(H,16,17). The SMILES string of the molecule is O=C(O)CN(Cc1ccc([N+](=O)[O-])cc1)S(=O)(=O)C(F)(F)F. The predicted molar refractivity (Wildman–Crippen MR) is 66.1 cm³/mol. The van der Waals surface area contributed by atoms with Gasteiger partial charge in [0, 0.05) is 18.7 Å². The molecule has 22 heavy (non-hydrogen) atoms. The minimum atomic E-state index is -5.84. The van der Waals surface area contributed by atoms with Gasteiger partial charge in [0.05, 0.1) is 4.92 Å². The summed E-state index contributed by atoms with van der Waals surface area (Å²) in [7, 11) is -5.84. The van der Waals surface area contributed by atoms with Crippen molar-refractivity contribution in [3.8, 4) is 0 Å². The van der Waals surface area contributed by atoms with Crippen LogP contribution in [0.2, 0.25) is 0 Å². The van der Waals surface area contributed by atoms with Crippen molar-refractivity contribution < 1.29 is 36.4 Å². The fourth-order valence-electron chi connectivity index (χ4n) is 1.45. The van der Waals surface area contributed by atoms with Crippen LogP contribution in [0.25, 0.3) is 0 Å². The van der Waals surface area contributed by atoms with Gasteiger partial charge in [-0.05, 0) is 5.56 Å². The maximum absolute atomic E-state index is 12.5. The zero-order chi connectivity index (χ0) is 17.1.